The molecular formula is C14H18N4O. The molecule has 0 spiro atoms. The molecular weight excluding hydrogens is 240 g/mol. The fourth-order valence-electron chi connectivity index (χ4n) is 2.04. The van der Waals surface area contributed by atoms with Crippen LogP contribution in [0.5, 0.6) is 0 Å². The first-order valence-electron chi connectivity index (χ1n) is 6.21. The number of fused-ring (bicyclic) bond motifs is 1. The summed E-state index contributed by atoms with van der Waals surface area (Å²) in [7, 11) is 0. The van der Waals surface area contributed by atoms with Crippen molar-refractivity contribution < 1.29 is 4.79 Å². The SMILES string of the molecule is CC(=O)NCCNc1nccc2c(N)ccc(C)c12. The number of aromatic nitrogens is 1. The zero-order valence-corrected chi connectivity index (χ0v) is 11.2. The van der Waals surface area contributed by atoms with Gasteiger partial charge in [0.25, 0.3) is 0 Å². The Morgan fingerprint density at radius 3 is 2.84 bits per heavy atom. The second-order valence-electron chi connectivity index (χ2n) is 4.46. The van der Waals surface area contributed by atoms with Crippen molar-refractivity contribution >= 4 is 28.2 Å². The van der Waals surface area contributed by atoms with Crippen LogP contribution in [-0.4, -0.2) is 24.0 Å². The summed E-state index contributed by atoms with van der Waals surface area (Å²) in [5.41, 5.74) is 7.84. The van der Waals surface area contributed by atoms with Crippen molar-refractivity contribution in [2.75, 3.05) is 24.1 Å². The van der Waals surface area contributed by atoms with Crippen LogP contribution in [0.3, 0.4) is 0 Å². The molecule has 1 heterocycles. The van der Waals surface area contributed by atoms with Crippen molar-refractivity contribution in [1.82, 2.24) is 10.3 Å². The molecule has 5 nitrogen and oxygen atoms in total. The summed E-state index contributed by atoms with van der Waals surface area (Å²) in [4.78, 5) is 15.1. The Kier molecular flexibility index (Phi) is 3.85. The van der Waals surface area contributed by atoms with Crippen molar-refractivity contribution in [3.63, 3.8) is 0 Å². The van der Waals surface area contributed by atoms with Gasteiger partial charge in [0, 0.05) is 42.7 Å². The van der Waals surface area contributed by atoms with Crippen molar-refractivity contribution in [3.8, 4) is 0 Å². The Morgan fingerprint density at radius 2 is 2.11 bits per heavy atom. The van der Waals surface area contributed by atoms with E-state index in [2.05, 4.69) is 15.6 Å². The van der Waals surface area contributed by atoms with Crippen molar-refractivity contribution in [3.05, 3.63) is 30.0 Å². The van der Waals surface area contributed by atoms with Crippen molar-refractivity contribution in [1.29, 1.82) is 0 Å². The number of anilines is 2. The lowest BCUT2D eigenvalue weighted by molar-refractivity contribution is -0.118. The highest BCUT2D eigenvalue weighted by atomic mass is 16.1. The average molecular weight is 258 g/mol. The summed E-state index contributed by atoms with van der Waals surface area (Å²) >= 11 is 0. The Labute approximate surface area is 112 Å². The normalized spacial score (nSPS) is 10.4. The van der Waals surface area contributed by atoms with Crippen LogP contribution in [0, 0.1) is 6.92 Å². The van der Waals surface area contributed by atoms with Crippen LogP contribution in [0.15, 0.2) is 24.4 Å². The molecule has 0 radical (unpaired) electrons. The van der Waals surface area contributed by atoms with Crippen molar-refractivity contribution in [2.45, 2.75) is 13.8 Å². The predicted molar refractivity (Wildman–Crippen MR) is 78.1 cm³/mol. The lowest BCUT2D eigenvalue weighted by Crippen LogP contribution is -2.26. The lowest BCUT2D eigenvalue weighted by Gasteiger charge is -2.12. The second-order valence-corrected chi connectivity index (χ2v) is 4.46. The Hall–Kier alpha value is -2.30. The first-order valence-corrected chi connectivity index (χ1v) is 6.21. The summed E-state index contributed by atoms with van der Waals surface area (Å²) in [6.07, 6.45) is 1.73. The first kappa shape index (κ1) is 13.1. The highest BCUT2D eigenvalue weighted by molar-refractivity contribution is 6.01. The van der Waals surface area contributed by atoms with E-state index in [1.807, 2.05) is 25.1 Å². The van der Waals surface area contributed by atoms with E-state index in [9.17, 15) is 4.79 Å². The van der Waals surface area contributed by atoms with Crippen LogP contribution >= 0.6 is 0 Å². The third-order valence-electron chi connectivity index (χ3n) is 2.96. The summed E-state index contributed by atoms with van der Waals surface area (Å²) < 4.78 is 0. The molecule has 2 rings (SSSR count). The standard InChI is InChI=1S/C14H18N4O/c1-9-3-4-12(15)11-5-6-17-14(13(9)11)18-8-7-16-10(2)19/h3-6H,7-8,15H2,1-2H3,(H,16,19)(H,17,18). The monoisotopic (exact) mass is 258 g/mol. The number of benzene rings is 1. The van der Waals surface area contributed by atoms with Crippen LogP contribution in [-0.2, 0) is 4.79 Å². The maximum absolute atomic E-state index is 10.8. The van der Waals surface area contributed by atoms with E-state index in [4.69, 9.17) is 5.73 Å². The van der Waals surface area contributed by atoms with Crippen LogP contribution in [0.1, 0.15) is 12.5 Å². The van der Waals surface area contributed by atoms with Crippen LogP contribution in [0.25, 0.3) is 10.8 Å². The molecule has 4 N–H and O–H groups in total. The molecule has 0 saturated carbocycles. The van der Waals surface area contributed by atoms with Crippen LogP contribution in [0.2, 0.25) is 0 Å². The van der Waals surface area contributed by atoms with Crippen LogP contribution in [0.4, 0.5) is 11.5 Å². The zero-order chi connectivity index (χ0) is 13.8. The van der Waals surface area contributed by atoms with Gasteiger partial charge in [0.1, 0.15) is 5.82 Å². The molecule has 0 unspecified atom stereocenters. The van der Waals surface area contributed by atoms with Gasteiger partial charge in [0.05, 0.1) is 0 Å². The number of aryl methyl sites for hydroxylation is 1. The molecule has 19 heavy (non-hydrogen) atoms. The van der Waals surface area contributed by atoms with Gasteiger partial charge < -0.3 is 16.4 Å². The first-order chi connectivity index (χ1) is 9.09. The molecule has 0 aliphatic rings. The van der Waals surface area contributed by atoms with Gasteiger partial charge in [-0.3, -0.25) is 4.79 Å². The topological polar surface area (TPSA) is 80.0 Å². The molecule has 1 aromatic carbocycles. The Balaban J connectivity index is 2.23. The quantitative estimate of drug-likeness (QED) is 0.575. The summed E-state index contributed by atoms with van der Waals surface area (Å²) in [6.45, 7) is 4.72. The largest absolute Gasteiger partial charge is 0.398 e. The second kappa shape index (κ2) is 5.56. The number of carbonyl (C=O) groups excluding carboxylic acids is 1. The number of carbonyl (C=O) groups is 1. The van der Waals surface area contributed by atoms with E-state index >= 15 is 0 Å². The van der Waals surface area contributed by atoms with Crippen molar-refractivity contribution in [2.24, 2.45) is 0 Å². The molecule has 0 bridgehead atoms. The average Bonchev–Trinajstić information content (AvgIpc) is 2.39. The number of hydrogen-bond acceptors (Lipinski definition) is 4. The van der Waals surface area contributed by atoms with E-state index in [-0.39, 0.29) is 5.91 Å². The van der Waals surface area contributed by atoms with Gasteiger partial charge in [0.15, 0.2) is 0 Å². The van der Waals surface area contributed by atoms with Gasteiger partial charge in [-0.2, -0.15) is 0 Å². The van der Waals surface area contributed by atoms with E-state index in [1.165, 1.54) is 6.92 Å². The van der Waals surface area contributed by atoms with Gasteiger partial charge in [-0.25, -0.2) is 4.98 Å². The summed E-state index contributed by atoms with van der Waals surface area (Å²) in [6, 6.07) is 5.80. The number of nitrogens with two attached hydrogens (primary N) is 1. The lowest BCUT2D eigenvalue weighted by atomic mass is 10.1. The third kappa shape index (κ3) is 2.93. The maximum atomic E-state index is 10.8. The molecule has 0 aliphatic carbocycles. The predicted octanol–water partition coefficient (Wildman–Crippen LogP) is 1.67. The number of nitrogens with one attached hydrogen (secondary N) is 2. The number of pyridine rings is 1. The Morgan fingerprint density at radius 1 is 1.32 bits per heavy atom. The van der Waals surface area contributed by atoms with Gasteiger partial charge in [-0.1, -0.05) is 6.07 Å². The molecule has 0 fully saturated rings. The number of rotatable bonds is 4. The molecule has 5 heteroatoms. The minimum atomic E-state index is -0.0342. The smallest absolute Gasteiger partial charge is 0.216 e. The molecule has 2 aromatic rings. The molecule has 1 aromatic heterocycles. The van der Waals surface area contributed by atoms with Gasteiger partial charge in [0.2, 0.25) is 5.91 Å². The van der Waals surface area contributed by atoms with E-state index < -0.39 is 0 Å². The minimum absolute atomic E-state index is 0.0342. The van der Waals surface area contributed by atoms with Gasteiger partial charge >= 0.3 is 0 Å². The van der Waals surface area contributed by atoms with E-state index in [0.29, 0.717) is 13.1 Å². The summed E-state index contributed by atoms with van der Waals surface area (Å²) in [5.74, 6) is 0.765. The zero-order valence-electron chi connectivity index (χ0n) is 11.2. The molecule has 0 atom stereocenters. The maximum Gasteiger partial charge on any atom is 0.216 e. The number of nitrogen functional groups attached to an aromatic ring is 1. The van der Waals surface area contributed by atoms with Gasteiger partial charge in [-0.15, -0.1) is 0 Å². The van der Waals surface area contributed by atoms with E-state index in [1.54, 1.807) is 6.20 Å². The summed E-state index contributed by atoms with van der Waals surface area (Å²) in [5, 5.41) is 8.00. The van der Waals surface area contributed by atoms with Gasteiger partial charge in [-0.05, 0) is 24.6 Å². The van der Waals surface area contributed by atoms with Crippen LogP contribution < -0.4 is 16.4 Å². The highest BCUT2D eigenvalue weighted by Crippen LogP contribution is 2.28. The number of nitrogens with zero attached hydrogens (tertiary/aromatic N) is 1. The molecule has 0 saturated heterocycles. The van der Waals surface area contributed by atoms with E-state index in [0.717, 1.165) is 27.8 Å². The Bertz CT molecular complexity index is 610. The fourth-order valence-corrected chi connectivity index (χ4v) is 2.04. The molecule has 100 valence electrons. The number of hydrogen-bond donors (Lipinski definition) is 3. The highest BCUT2D eigenvalue weighted by Gasteiger charge is 2.07. The molecule has 0 aliphatic heterocycles. The minimum Gasteiger partial charge on any atom is -0.398 e. The third-order valence-corrected chi connectivity index (χ3v) is 2.96. The molecule has 1 amide bonds. The number of amides is 1. The fraction of sp³-hybridized carbons (Fsp3) is 0.286.